The first-order valence-corrected chi connectivity index (χ1v) is 3.94. The zero-order valence-corrected chi connectivity index (χ0v) is 7.67. The van der Waals surface area contributed by atoms with Gasteiger partial charge in [0.2, 0.25) is 0 Å². The predicted molar refractivity (Wildman–Crippen MR) is 50.0 cm³/mol. The second kappa shape index (κ2) is 4.83. The van der Waals surface area contributed by atoms with Crippen molar-refractivity contribution in [1.82, 2.24) is 4.90 Å². The van der Waals surface area contributed by atoms with Crippen LogP contribution in [0.1, 0.15) is 20.3 Å². The van der Waals surface area contributed by atoms with Gasteiger partial charge in [-0.3, -0.25) is 0 Å². The standard InChI is InChI=1S/C9H18N2/c1-5-7-9(10)11(4)8(3)6-2/h5,7-8H,1,6,10H2,2-4H3/b9-7-. The second-order valence-electron chi connectivity index (χ2n) is 2.70. The molecule has 2 heteroatoms. The predicted octanol–water partition coefficient (Wildman–Crippen LogP) is 1.70. The lowest BCUT2D eigenvalue weighted by atomic mass is 10.2. The van der Waals surface area contributed by atoms with E-state index in [0.29, 0.717) is 6.04 Å². The highest BCUT2D eigenvalue weighted by atomic mass is 15.2. The first-order chi connectivity index (χ1) is 5.13. The monoisotopic (exact) mass is 154 g/mol. The van der Waals surface area contributed by atoms with E-state index in [9.17, 15) is 0 Å². The third-order valence-electron chi connectivity index (χ3n) is 1.95. The lowest BCUT2D eigenvalue weighted by Crippen LogP contribution is -2.31. The maximum absolute atomic E-state index is 5.72. The minimum Gasteiger partial charge on any atom is -0.385 e. The van der Waals surface area contributed by atoms with E-state index in [1.54, 1.807) is 6.08 Å². The molecule has 0 bridgehead atoms. The summed E-state index contributed by atoms with van der Waals surface area (Å²) in [4.78, 5) is 2.04. The fraction of sp³-hybridized carbons (Fsp3) is 0.556. The molecule has 2 nitrogen and oxygen atoms in total. The molecule has 0 aliphatic heterocycles. The van der Waals surface area contributed by atoms with Gasteiger partial charge in [0, 0.05) is 13.1 Å². The zero-order valence-electron chi connectivity index (χ0n) is 7.67. The molecule has 11 heavy (non-hydrogen) atoms. The van der Waals surface area contributed by atoms with Crippen molar-refractivity contribution in [2.75, 3.05) is 7.05 Å². The fourth-order valence-electron chi connectivity index (χ4n) is 0.767. The molecule has 0 saturated heterocycles. The van der Waals surface area contributed by atoms with Crippen LogP contribution in [0.3, 0.4) is 0 Å². The second-order valence-corrected chi connectivity index (χ2v) is 2.70. The summed E-state index contributed by atoms with van der Waals surface area (Å²) in [6, 6.07) is 0.492. The van der Waals surface area contributed by atoms with Crippen molar-refractivity contribution < 1.29 is 0 Å². The van der Waals surface area contributed by atoms with Gasteiger partial charge in [-0.05, 0) is 19.4 Å². The molecular weight excluding hydrogens is 136 g/mol. The first kappa shape index (κ1) is 10.1. The maximum atomic E-state index is 5.72. The largest absolute Gasteiger partial charge is 0.385 e. The lowest BCUT2D eigenvalue weighted by Gasteiger charge is -2.25. The average Bonchev–Trinajstić information content (AvgIpc) is 2.02. The highest BCUT2D eigenvalue weighted by Crippen LogP contribution is 2.04. The van der Waals surface area contributed by atoms with E-state index in [1.807, 2.05) is 18.0 Å². The van der Waals surface area contributed by atoms with E-state index in [4.69, 9.17) is 5.73 Å². The van der Waals surface area contributed by atoms with Crippen molar-refractivity contribution in [1.29, 1.82) is 0 Å². The van der Waals surface area contributed by atoms with Crippen LogP contribution in [0, 0.1) is 0 Å². The number of rotatable bonds is 4. The molecule has 0 aliphatic carbocycles. The van der Waals surface area contributed by atoms with Crippen LogP contribution in [0.2, 0.25) is 0 Å². The van der Waals surface area contributed by atoms with Gasteiger partial charge in [-0.15, -0.1) is 0 Å². The van der Waals surface area contributed by atoms with Crippen LogP contribution in [0.5, 0.6) is 0 Å². The zero-order chi connectivity index (χ0) is 8.85. The molecule has 2 N–H and O–H groups in total. The third kappa shape index (κ3) is 3.12. The SMILES string of the molecule is C=C/C=C(/N)N(C)C(C)CC. The number of hydrogen-bond donors (Lipinski definition) is 1. The molecule has 0 aliphatic rings. The Balaban J connectivity index is 4.11. The molecule has 0 saturated carbocycles. The topological polar surface area (TPSA) is 29.3 Å². The van der Waals surface area contributed by atoms with Crippen molar-refractivity contribution in [3.63, 3.8) is 0 Å². The Morgan fingerprint density at radius 3 is 2.64 bits per heavy atom. The van der Waals surface area contributed by atoms with Gasteiger partial charge < -0.3 is 10.6 Å². The van der Waals surface area contributed by atoms with Crippen LogP contribution in [0.15, 0.2) is 24.6 Å². The van der Waals surface area contributed by atoms with Gasteiger partial charge in [0.1, 0.15) is 0 Å². The van der Waals surface area contributed by atoms with Crippen LogP contribution < -0.4 is 5.73 Å². The molecule has 0 fully saturated rings. The van der Waals surface area contributed by atoms with E-state index < -0.39 is 0 Å². The molecule has 1 atom stereocenters. The van der Waals surface area contributed by atoms with Crippen molar-refractivity contribution in [3.8, 4) is 0 Å². The Morgan fingerprint density at radius 2 is 2.27 bits per heavy atom. The minimum absolute atomic E-state index is 0.492. The highest BCUT2D eigenvalue weighted by Gasteiger charge is 2.05. The Labute approximate surface area is 69.4 Å². The van der Waals surface area contributed by atoms with Crippen LogP contribution >= 0.6 is 0 Å². The molecule has 0 aromatic carbocycles. The van der Waals surface area contributed by atoms with Crippen LogP contribution in [-0.4, -0.2) is 18.0 Å². The van der Waals surface area contributed by atoms with Gasteiger partial charge in [0.25, 0.3) is 0 Å². The molecule has 0 amide bonds. The van der Waals surface area contributed by atoms with Gasteiger partial charge in [-0.1, -0.05) is 19.6 Å². The van der Waals surface area contributed by atoms with Crippen LogP contribution in [-0.2, 0) is 0 Å². The molecule has 0 rings (SSSR count). The van der Waals surface area contributed by atoms with Crippen LogP contribution in [0.4, 0.5) is 0 Å². The van der Waals surface area contributed by atoms with E-state index in [2.05, 4.69) is 20.4 Å². The summed E-state index contributed by atoms with van der Waals surface area (Å²) in [6.45, 7) is 7.87. The highest BCUT2D eigenvalue weighted by molar-refractivity contribution is 5.05. The Morgan fingerprint density at radius 1 is 1.73 bits per heavy atom. The number of nitrogens with zero attached hydrogens (tertiary/aromatic N) is 1. The minimum atomic E-state index is 0.492. The van der Waals surface area contributed by atoms with Gasteiger partial charge in [-0.2, -0.15) is 0 Å². The van der Waals surface area contributed by atoms with E-state index in [0.717, 1.165) is 12.2 Å². The Bertz CT molecular complexity index is 150. The molecule has 64 valence electrons. The third-order valence-corrected chi connectivity index (χ3v) is 1.95. The summed E-state index contributed by atoms with van der Waals surface area (Å²) in [5.41, 5.74) is 5.72. The molecular formula is C9H18N2. The number of allylic oxidation sites excluding steroid dienone is 2. The summed E-state index contributed by atoms with van der Waals surface area (Å²) in [5.74, 6) is 0.773. The number of nitrogens with two attached hydrogens (primary N) is 1. The summed E-state index contributed by atoms with van der Waals surface area (Å²) < 4.78 is 0. The first-order valence-electron chi connectivity index (χ1n) is 3.94. The summed E-state index contributed by atoms with van der Waals surface area (Å²) >= 11 is 0. The molecule has 0 aromatic rings. The van der Waals surface area contributed by atoms with Crippen molar-refractivity contribution in [2.24, 2.45) is 5.73 Å². The normalized spacial score (nSPS) is 14.3. The molecule has 1 unspecified atom stereocenters. The summed E-state index contributed by atoms with van der Waals surface area (Å²) in [5, 5.41) is 0. The van der Waals surface area contributed by atoms with Gasteiger partial charge in [0.15, 0.2) is 0 Å². The van der Waals surface area contributed by atoms with Crippen molar-refractivity contribution in [3.05, 3.63) is 24.6 Å². The maximum Gasteiger partial charge on any atom is 0.0985 e. The average molecular weight is 154 g/mol. The molecule has 0 aromatic heterocycles. The van der Waals surface area contributed by atoms with Gasteiger partial charge >= 0.3 is 0 Å². The van der Waals surface area contributed by atoms with E-state index >= 15 is 0 Å². The lowest BCUT2D eigenvalue weighted by molar-refractivity contribution is 0.312. The van der Waals surface area contributed by atoms with Crippen molar-refractivity contribution >= 4 is 0 Å². The van der Waals surface area contributed by atoms with Gasteiger partial charge in [-0.25, -0.2) is 0 Å². The molecule has 0 radical (unpaired) electrons. The fourth-order valence-corrected chi connectivity index (χ4v) is 0.767. The quantitative estimate of drug-likeness (QED) is 0.624. The van der Waals surface area contributed by atoms with E-state index in [-0.39, 0.29) is 0 Å². The molecule has 0 spiro atoms. The Hall–Kier alpha value is -0.920. The summed E-state index contributed by atoms with van der Waals surface area (Å²) in [6.07, 6.45) is 4.61. The number of hydrogen-bond acceptors (Lipinski definition) is 2. The van der Waals surface area contributed by atoms with E-state index in [1.165, 1.54) is 0 Å². The van der Waals surface area contributed by atoms with Crippen LogP contribution in [0.25, 0.3) is 0 Å². The molecule has 0 heterocycles. The van der Waals surface area contributed by atoms with Gasteiger partial charge in [0.05, 0.1) is 5.82 Å². The smallest absolute Gasteiger partial charge is 0.0985 e. The summed E-state index contributed by atoms with van der Waals surface area (Å²) in [7, 11) is 1.99. The van der Waals surface area contributed by atoms with Crippen molar-refractivity contribution in [2.45, 2.75) is 26.3 Å². The Kier molecular flexibility index (Phi) is 4.42.